The van der Waals surface area contributed by atoms with Gasteiger partial charge in [0.05, 0.1) is 18.4 Å². The number of hydrogen-bond donors (Lipinski definition) is 1. The lowest BCUT2D eigenvalue weighted by Gasteiger charge is -2.27. The van der Waals surface area contributed by atoms with Crippen LogP contribution in [0.5, 0.6) is 0 Å². The molecule has 1 N–H and O–H groups in total. The molecule has 2 aromatic rings. The van der Waals surface area contributed by atoms with Crippen LogP contribution in [0.1, 0.15) is 34.2 Å². The number of carbonyl (C=O) groups is 1. The van der Waals surface area contributed by atoms with E-state index in [4.69, 9.17) is 4.74 Å². The molecule has 0 saturated heterocycles. The van der Waals surface area contributed by atoms with Crippen molar-refractivity contribution in [1.82, 2.24) is 9.99 Å². The van der Waals surface area contributed by atoms with Gasteiger partial charge in [-0.2, -0.15) is 35.8 Å². The molecular formula is C19H18F7N3O2. The summed E-state index contributed by atoms with van der Waals surface area (Å²) < 4.78 is 95.3. The SMILES string of the molecule is CCOC(=O)c1ccc(-n2c(C)cc(/C=N/NC(F)(F)C(F)(F)C(F)(F)F)c2C)cc1. The van der Waals surface area contributed by atoms with E-state index in [0.717, 1.165) is 0 Å². The van der Waals surface area contributed by atoms with E-state index in [9.17, 15) is 35.5 Å². The summed E-state index contributed by atoms with van der Waals surface area (Å²) >= 11 is 0. The number of hydrogen-bond acceptors (Lipinski definition) is 4. The van der Waals surface area contributed by atoms with Gasteiger partial charge in [0.25, 0.3) is 0 Å². The third-order valence-corrected chi connectivity index (χ3v) is 4.27. The topological polar surface area (TPSA) is 55.6 Å². The van der Waals surface area contributed by atoms with Crippen LogP contribution in [0.25, 0.3) is 5.69 Å². The van der Waals surface area contributed by atoms with E-state index in [2.05, 4.69) is 5.10 Å². The number of rotatable bonds is 7. The van der Waals surface area contributed by atoms with Gasteiger partial charge in [-0.3, -0.25) is 0 Å². The molecule has 0 saturated carbocycles. The van der Waals surface area contributed by atoms with Crippen LogP contribution in [0.15, 0.2) is 35.4 Å². The first-order valence-electron chi connectivity index (χ1n) is 8.82. The van der Waals surface area contributed by atoms with Crippen LogP contribution in [-0.4, -0.2) is 41.5 Å². The van der Waals surface area contributed by atoms with E-state index in [1.54, 1.807) is 37.5 Å². The van der Waals surface area contributed by atoms with Crippen LogP contribution in [0.2, 0.25) is 0 Å². The van der Waals surface area contributed by atoms with Crippen LogP contribution in [0.4, 0.5) is 30.7 Å². The molecule has 0 radical (unpaired) electrons. The molecule has 170 valence electrons. The smallest absolute Gasteiger partial charge is 0.462 e. The zero-order valence-electron chi connectivity index (χ0n) is 16.5. The van der Waals surface area contributed by atoms with Gasteiger partial charge in [0.1, 0.15) is 0 Å². The Morgan fingerprint density at radius 2 is 1.68 bits per heavy atom. The molecule has 0 amide bonds. The van der Waals surface area contributed by atoms with Gasteiger partial charge in [0.2, 0.25) is 0 Å². The Hall–Kier alpha value is -3.05. The quantitative estimate of drug-likeness (QED) is 0.211. The summed E-state index contributed by atoms with van der Waals surface area (Å²) in [7, 11) is 0. The maximum Gasteiger partial charge on any atom is 0.462 e. The van der Waals surface area contributed by atoms with E-state index >= 15 is 0 Å². The van der Waals surface area contributed by atoms with Crippen LogP contribution >= 0.6 is 0 Å². The summed E-state index contributed by atoms with van der Waals surface area (Å²) in [5.41, 5.74) is 2.72. The summed E-state index contributed by atoms with van der Waals surface area (Å²) in [5.74, 6) is -6.82. The van der Waals surface area contributed by atoms with Crippen molar-refractivity contribution in [3.63, 3.8) is 0 Å². The zero-order valence-corrected chi connectivity index (χ0v) is 16.5. The molecular weight excluding hydrogens is 435 g/mol. The highest BCUT2D eigenvalue weighted by Crippen LogP contribution is 2.45. The molecule has 0 unspecified atom stereocenters. The number of nitrogens with one attached hydrogen (secondary N) is 1. The molecule has 12 heteroatoms. The predicted octanol–water partition coefficient (Wildman–Crippen LogP) is 4.98. The number of aromatic nitrogens is 1. The van der Waals surface area contributed by atoms with Gasteiger partial charge in [-0.1, -0.05) is 0 Å². The number of hydrazone groups is 1. The predicted molar refractivity (Wildman–Crippen MR) is 97.9 cm³/mol. The summed E-state index contributed by atoms with van der Waals surface area (Å²) in [4.78, 5) is 11.7. The number of ether oxygens (including phenoxy) is 1. The minimum absolute atomic E-state index is 0.200. The normalized spacial score (nSPS) is 13.0. The van der Waals surface area contributed by atoms with E-state index < -0.39 is 24.1 Å². The Morgan fingerprint density at radius 1 is 1.10 bits per heavy atom. The number of nitrogens with zero attached hydrogens (tertiary/aromatic N) is 2. The van der Waals surface area contributed by atoms with Crippen LogP contribution in [0.3, 0.4) is 0 Å². The lowest BCUT2D eigenvalue weighted by molar-refractivity contribution is -0.361. The zero-order chi connectivity index (χ0) is 23.6. The second-order valence-corrected chi connectivity index (χ2v) is 6.45. The molecule has 31 heavy (non-hydrogen) atoms. The van der Waals surface area contributed by atoms with Crippen molar-refractivity contribution in [2.24, 2.45) is 5.10 Å². The molecule has 1 aromatic carbocycles. The first-order valence-corrected chi connectivity index (χ1v) is 8.82. The van der Waals surface area contributed by atoms with Gasteiger partial charge in [0.15, 0.2) is 0 Å². The summed E-state index contributed by atoms with van der Waals surface area (Å²) in [6, 6.07) is 2.06. The molecule has 0 bridgehead atoms. The van der Waals surface area contributed by atoms with Crippen molar-refractivity contribution in [2.45, 2.75) is 38.9 Å². The third-order valence-electron chi connectivity index (χ3n) is 4.27. The molecule has 0 aliphatic heterocycles. The van der Waals surface area contributed by atoms with Gasteiger partial charge >= 0.3 is 24.1 Å². The number of esters is 1. The fourth-order valence-corrected chi connectivity index (χ4v) is 2.71. The lowest BCUT2D eigenvalue weighted by Crippen LogP contribution is -2.58. The number of halogens is 7. The monoisotopic (exact) mass is 453 g/mol. The molecule has 0 fully saturated rings. The summed E-state index contributed by atoms with van der Waals surface area (Å²) in [6.07, 6.45) is -5.74. The Bertz CT molecular complexity index is 964. The van der Waals surface area contributed by atoms with E-state index in [0.29, 0.717) is 34.3 Å². The van der Waals surface area contributed by atoms with Crippen molar-refractivity contribution in [1.29, 1.82) is 0 Å². The minimum atomic E-state index is -6.45. The van der Waals surface area contributed by atoms with Gasteiger partial charge < -0.3 is 9.30 Å². The van der Waals surface area contributed by atoms with Crippen LogP contribution < -0.4 is 5.43 Å². The number of carbonyl (C=O) groups excluding carboxylic acids is 1. The first kappa shape index (κ1) is 24.2. The molecule has 2 rings (SSSR count). The summed E-state index contributed by atoms with van der Waals surface area (Å²) in [5, 5.41) is 2.88. The van der Waals surface area contributed by atoms with Gasteiger partial charge in [0, 0.05) is 22.6 Å². The Morgan fingerprint density at radius 3 is 2.19 bits per heavy atom. The van der Waals surface area contributed by atoms with E-state index in [1.807, 2.05) is 0 Å². The Kier molecular flexibility index (Phi) is 6.72. The van der Waals surface area contributed by atoms with Gasteiger partial charge in [-0.15, -0.1) is 0 Å². The highest BCUT2D eigenvalue weighted by molar-refractivity contribution is 5.89. The molecule has 0 spiro atoms. The lowest BCUT2D eigenvalue weighted by atomic mass is 10.2. The van der Waals surface area contributed by atoms with Crippen molar-refractivity contribution >= 4 is 12.2 Å². The molecule has 0 aliphatic rings. The number of aryl methyl sites for hydroxylation is 1. The number of benzene rings is 1. The molecule has 1 aromatic heterocycles. The fraction of sp³-hybridized carbons (Fsp3) is 0.368. The second-order valence-electron chi connectivity index (χ2n) is 6.45. The average molecular weight is 453 g/mol. The van der Waals surface area contributed by atoms with Crippen molar-refractivity contribution in [3.8, 4) is 5.69 Å². The highest BCUT2D eigenvalue weighted by Gasteiger charge is 2.73. The standard InChI is InChI=1S/C19H18F7N3O2/c1-4-31-16(30)13-5-7-15(8-6-13)29-11(2)9-14(12(29)3)10-27-28-19(25,26)17(20,21)18(22,23)24/h5-10,28H,4H2,1-3H3/b27-10+. The van der Waals surface area contributed by atoms with E-state index in [-0.39, 0.29) is 12.2 Å². The van der Waals surface area contributed by atoms with Crippen LogP contribution in [0, 0.1) is 13.8 Å². The average Bonchev–Trinajstić information content (AvgIpc) is 2.94. The van der Waals surface area contributed by atoms with Gasteiger partial charge in [-0.25, -0.2) is 10.2 Å². The Balaban J connectivity index is 2.25. The van der Waals surface area contributed by atoms with E-state index in [1.165, 1.54) is 18.2 Å². The second kappa shape index (κ2) is 8.60. The molecule has 5 nitrogen and oxygen atoms in total. The minimum Gasteiger partial charge on any atom is -0.462 e. The number of alkyl halides is 7. The van der Waals surface area contributed by atoms with Crippen molar-refractivity contribution in [3.05, 3.63) is 52.8 Å². The van der Waals surface area contributed by atoms with Crippen LogP contribution in [-0.2, 0) is 4.74 Å². The fourth-order valence-electron chi connectivity index (χ4n) is 2.71. The first-order chi connectivity index (χ1) is 14.2. The summed E-state index contributed by atoms with van der Waals surface area (Å²) in [6.45, 7) is 5.09. The third kappa shape index (κ3) is 4.83. The van der Waals surface area contributed by atoms with Crippen molar-refractivity contribution in [2.75, 3.05) is 6.61 Å². The van der Waals surface area contributed by atoms with Crippen molar-refractivity contribution < 1.29 is 40.3 Å². The molecule has 0 aliphatic carbocycles. The van der Waals surface area contributed by atoms with Gasteiger partial charge in [-0.05, 0) is 51.1 Å². The highest BCUT2D eigenvalue weighted by atomic mass is 19.4. The maximum absolute atomic E-state index is 13.3. The largest absolute Gasteiger partial charge is 0.462 e. The molecule has 0 atom stereocenters. The molecule has 1 heterocycles. The maximum atomic E-state index is 13.3. The Labute approximate surface area is 172 Å².